The number of amides is 1. The Balaban J connectivity index is 0.00000128. The van der Waals surface area contributed by atoms with E-state index in [1.54, 1.807) is 6.20 Å². The predicted molar refractivity (Wildman–Crippen MR) is 66.4 cm³/mol. The SMILES string of the molecule is Cl.Cl.O=C(NCc1ccccn1)c1cocn1. The minimum absolute atomic E-state index is 0. The van der Waals surface area contributed by atoms with Crippen LogP contribution in [0.1, 0.15) is 16.2 Å². The lowest BCUT2D eigenvalue weighted by molar-refractivity contribution is 0.0945. The third-order valence-electron chi connectivity index (χ3n) is 1.82. The quantitative estimate of drug-likeness (QED) is 0.928. The van der Waals surface area contributed by atoms with Crippen molar-refractivity contribution in [3.63, 3.8) is 0 Å². The van der Waals surface area contributed by atoms with Crippen molar-refractivity contribution in [1.29, 1.82) is 0 Å². The van der Waals surface area contributed by atoms with Crippen LogP contribution in [0.25, 0.3) is 0 Å². The summed E-state index contributed by atoms with van der Waals surface area (Å²) in [5.41, 5.74) is 1.07. The molecular weight excluding hydrogens is 265 g/mol. The van der Waals surface area contributed by atoms with Crippen molar-refractivity contribution >= 4 is 30.7 Å². The molecule has 0 fully saturated rings. The number of halogens is 2. The molecule has 2 aromatic heterocycles. The number of carbonyl (C=O) groups excluding carboxylic acids is 1. The lowest BCUT2D eigenvalue weighted by Crippen LogP contribution is -2.23. The molecule has 0 aliphatic carbocycles. The molecule has 1 N–H and O–H groups in total. The van der Waals surface area contributed by atoms with Crippen molar-refractivity contribution in [2.75, 3.05) is 0 Å². The first-order valence-electron chi connectivity index (χ1n) is 4.42. The standard InChI is InChI=1S/C10H9N3O2.2ClH/c14-10(9-6-15-7-13-9)12-5-8-3-1-2-4-11-8;;/h1-4,6-7H,5H2,(H,12,14);2*1H. The number of hydrogen-bond acceptors (Lipinski definition) is 4. The summed E-state index contributed by atoms with van der Waals surface area (Å²) in [6.45, 7) is 0.381. The Bertz CT molecular complexity index is 434. The zero-order valence-corrected chi connectivity index (χ0v) is 10.3. The molecule has 5 nitrogen and oxygen atoms in total. The van der Waals surface area contributed by atoms with E-state index in [-0.39, 0.29) is 36.4 Å². The third-order valence-corrected chi connectivity index (χ3v) is 1.82. The van der Waals surface area contributed by atoms with Gasteiger partial charge in [-0.1, -0.05) is 6.07 Å². The average Bonchev–Trinajstić information content (AvgIpc) is 2.81. The van der Waals surface area contributed by atoms with Gasteiger partial charge in [0.05, 0.1) is 12.2 Å². The van der Waals surface area contributed by atoms with Crippen molar-refractivity contribution in [2.45, 2.75) is 6.54 Å². The minimum atomic E-state index is -0.269. The summed E-state index contributed by atoms with van der Waals surface area (Å²) in [6, 6.07) is 5.52. The average molecular weight is 276 g/mol. The van der Waals surface area contributed by atoms with Crippen LogP contribution in [-0.2, 0) is 6.54 Å². The maximum Gasteiger partial charge on any atom is 0.273 e. The number of aromatic nitrogens is 2. The number of oxazole rings is 1. The van der Waals surface area contributed by atoms with E-state index in [0.29, 0.717) is 6.54 Å². The monoisotopic (exact) mass is 275 g/mol. The zero-order valence-electron chi connectivity index (χ0n) is 8.70. The second-order valence-electron chi connectivity index (χ2n) is 2.88. The molecule has 0 bridgehead atoms. The molecule has 0 aliphatic heterocycles. The second kappa shape index (κ2) is 7.65. The first kappa shape index (κ1) is 15.4. The smallest absolute Gasteiger partial charge is 0.273 e. The molecule has 0 spiro atoms. The predicted octanol–water partition coefficient (Wildman–Crippen LogP) is 1.84. The van der Waals surface area contributed by atoms with Crippen molar-refractivity contribution in [3.05, 3.63) is 48.4 Å². The molecule has 0 atom stereocenters. The molecule has 92 valence electrons. The van der Waals surface area contributed by atoms with E-state index in [4.69, 9.17) is 4.42 Å². The highest BCUT2D eigenvalue weighted by Gasteiger charge is 2.07. The molecular formula is C10H11Cl2N3O2. The molecule has 17 heavy (non-hydrogen) atoms. The van der Waals surface area contributed by atoms with Gasteiger partial charge < -0.3 is 9.73 Å². The molecule has 2 rings (SSSR count). The van der Waals surface area contributed by atoms with Crippen molar-refractivity contribution in [1.82, 2.24) is 15.3 Å². The second-order valence-corrected chi connectivity index (χ2v) is 2.88. The summed E-state index contributed by atoms with van der Waals surface area (Å²) < 4.78 is 4.70. The maximum absolute atomic E-state index is 11.4. The van der Waals surface area contributed by atoms with Crippen LogP contribution < -0.4 is 5.32 Å². The normalized spacial score (nSPS) is 8.71. The van der Waals surface area contributed by atoms with Gasteiger partial charge >= 0.3 is 0 Å². The molecule has 0 saturated carbocycles. The van der Waals surface area contributed by atoms with Gasteiger partial charge in [-0.05, 0) is 12.1 Å². The molecule has 7 heteroatoms. The number of rotatable bonds is 3. The van der Waals surface area contributed by atoms with E-state index < -0.39 is 0 Å². The molecule has 0 aromatic carbocycles. The summed E-state index contributed by atoms with van der Waals surface area (Å²) in [7, 11) is 0. The fourth-order valence-corrected chi connectivity index (χ4v) is 1.09. The number of nitrogens with one attached hydrogen (secondary N) is 1. The van der Waals surface area contributed by atoms with Crippen molar-refractivity contribution < 1.29 is 9.21 Å². The van der Waals surface area contributed by atoms with Crippen LogP contribution in [0.3, 0.4) is 0 Å². The first-order chi connectivity index (χ1) is 7.36. The van der Waals surface area contributed by atoms with Crippen LogP contribution >= 0.6 is 24.8 Å². The van der Waals surface area contributed by atoms with Gasteiger partial charge in [0, 0.05) is 6.20 Å². The van der Waals surface area contributed by atoms with E-state index in [1.165, 1.54) is 12.7 Å². The van der Waals surface area contributed by atoms with E-state index in [1.807, 2.05) is 18.2 Å². The molecule has 0 unspecified atom stereocenters. The van der Waals surface area contributed by atoms with Gasteiger partial charge in [-0.15, -0.1) is 24.8 Å². The van der Waals surface area contributed by atoms with Crippen molar-refractivity contribution in [3.8, 4) is 0 Å². The Morgan fingerprint density at radius 1 is 1.29 bits per heavy atom. The van der Waals surface area contributed by atoms with Crippen LogP contribution in [0.15, 0.2) is 41.5 Å². The van der Waals surface area contributed by atoms with E-state index in [2.05, 4.69) is 15.3 Å². The van der Waals surface area contributed by atoms with Gasteiger partial charge in [0.25, 0.3) is 5.91 Å². The lowest BCUT2D eigenvalue weighted by Gasteiger charge is -2.01. The van der Waals surface area contributed by atoms with E-state index in [0.717, 1.165) is 5.69 Å². The number of nitrogens with zero attached hydrogens (tertiary/aromatic N) is 2. The summed E-state index contributed by atoms with van der Waals surface area (Å²) in [4.78, 5) is 19.2. The molecule has 0 radical (unpaired) electrons. The number of hydrogen-bond donors (Lipinski definition) is 1. The van der Waals surface area contributed by atoms with Crippen LogP contribution in [0.5, 0.6) is 0 Å². The van der Waals surface area contributed by atoms with Gasteiger partial charge in [0.1, 0.15) is 6.26 Å². The van der Waals surface area contributed by atoms with E-state index >= 15 is 0 Å². The molecule has 2 aromatic rings. The number of pyridine rings is 1. The fourth-order valence-electron chi connectivity index (χ4n) is 1.09. The van der Waals surface area contributed by atoms with E-state index in [9.17, 15) is 4.79 Å². The van der Waals surface area contributed by atoms with Crippen LogP contribution in [0.2, 0.25) is 0 Å². The fraction of sp³-hybridized carbons (Fsp3) is 0.100. The Morgan fingerprint density at radius 3 is 2.71 bits per heavy atom. The highest BCUT2D eigenvalue weighted by Crippen LogP contribution is 1.96. The largest absolute Gasteiger partial charge is 0.451 e. The van der Waals surface area contributed by atoms with Gasteiger partial charge in [-0.3, -0.25) is 9.78 Å². The summed E-state index contributed by atoms with van der Waals surface area (Å²) in [6.07, 6.45) is 4.20. The van der Waals surface area contributed by atoms with Gasteiger partial charge in [-0.2, -0.15) is 0 Å². The third kappa shape index (κ3) is 4.42. The Hall–Kier alpha value is -1.59. The Kier molecular flexibility index (Phi) is 6.93. The molecule has 0 aliphatic rings. The number of carbonyl (C=O) groups is 1. The topological polar surface area (TPSA) is 68.0 Å². The molecule has 1 amide bonds. The Morgan fingerprint density at radius 2 is 2.12 bits per heavy atom. The summed E-state index contributed by atoms with van der Waals surface area (Å²) in [5, 5.41) is 2.68. The minimum Gasteiger partial charge on any atom is -0.451 e. The van der Waals surface area contributed by atoms with Crippen LogP contribution in [-0.4, -0.2) is 15.9 Å². The van der Waals surface area contributed by atoms with Crippen LogP contribution in [0, 0.1) is 0 Å². The van der Waals surface area contributed by atoms with Crippen LogP contribution in [0.4, 0.5) is 0 Å². The Labute approximate surface area is 110 Å². The van der Waals surface area contributed by atoms with Gasteiger partial charge in [0.2, 0.25) is 0 Å². The van der Waals surface area contributed by atoms with Gasteiger partial charge in [-0.25, -0.2) is 4.98 Å². The molecule has 2 heterocycles. The summed E-state index contributed by atoms with van der Waals surface area (Å²) in [5.74, 6) is -0.269. The lowest BCUT2D eigenvalue weighted by atomic mass is 10.3. The zero-order chi connectivity index (χ0) is 10.5. The highest BCUT2D eigenvalue weighted by molar-refractivity contribution is 5.91. The van der Waals surface area contributed by atoms with Crippen molar-refractivity contribution in [2.24, 2.45) is 0 Å². The first-order valence-corrected chi connectivity index (χ1v) is 4.42. The highest BCUT2D eigenvalue weighted by atomic mass is 35.5. The summed E-state index contributed by atoms with van der Waals surface area (Å²) >= 11 is 0. The van der Waals surface area contributed by atoms with Gasteiger partial charge in [0.15, 0.2) is 12.1 Å². The maximum atomic E-state index is 11.4. The molecule has 0 saturated heterocycles.